The molecule has 100 valence electrons. The zero-order valence-electron chi connectivity index (χ0n) is 9.38. The molecule has 1 aromatic carbocycles. The average molecular weight is 326 g/mol. The van der Waals surface area contributed by atoms with Crippen molar-refractivity contribution in [3.63, 3.8) is 0 Å². The Morgan fingerprint density at radius 3 is 2.61 bits per heavy atom. The number of rotatable bonds is 3. The molecule has 1 aromatic rings. The Kier molecular flexibility index (Phi) is 4.75. The molecule has 1 amide bonds. The number of hydrogen-bond donors (Lipinski definition) is 2. The van der Waals surface area contributed by atoms with Crippen molar-refractivity contribution in [2.45, 2.75) is 19.2 Å². The topological polar surface area (TPSA) is 49.3 Å². The molecule has 1 rings (SSSR count). The van der Waals surface area contributed by atoms with E-state index < -0.39 is 23.8 Å². The van der Waals surface area contributed by atoms with Crippen molar-refractivity contribution in [2.75, 3.05) is 6.54 Å². The highest BCUT2D eigenvalue weighted by atomic mass is 79.9. The van der Waals surface area contributed by atoms with Gasteiger partial charge in [0, 0.05) is 11.0 Å². The second-order valence-corrected chi connectivity index (χ2v) is 4.61. The molecule has 0 aliphatic heterocycles. The third-order valence-electron chi connectivity index (χ3n) is 2.10. The van der Waals surface area contributed by atoms with Gasteiger partial charge in [0.05, 0.1) is 17.2 Å². The minimum Gasteiger partial charge on any atom is -0.392 e. The molecule has 3 nitrogen and oxygen atoms in total. The number of nitrogens with one attached hydrogen (secondary N) is 1. The van der Waals surface area contributed by atoms with Crippen molar-refractivity contribution in [1.29, 1.82) is 0 Å². The summed E-state index contributed by atoms with van der Waals surface area (Å²) in [6.07, 6.45) is -5.27. The maximum absolute atomic E-state index is 12.5. The van der Waals surface area contributed by atoms with Crippen molar-refractivity contribution in [3.05, 3.63) is 33.8 Å². The van der Waals surface area contributed by atoms with Crippen LogP contribution < -0.4 is 5.32 Å². The molecule has 1 unspecified atom stereocenters. The zero-order chi connectivity index (χ0) is 13.9. The van der Waals surface area contributed by atoms with E-state index in [0.717, 1.165) is 12.1 Å². The summed E-state index contributed by atoms with van der Waals surface area (Å²) in [5.41, 5.74) is -1.02. The van der Waals surface area contributed by atoms with Gasteiger partial charge >= 0.3 is 6.18 Å². The smallest absolute Gasteiger partial charge is 0.392 e. The van der Waals surface area contributed by atoms with Gasteiger partial charge in [-0.2, -0.15) is 13.2 Å². The average Bonchev–Trinajstić information content (AvgIpc) is 2.24. The van der Waals surface area contributed by atoms with Crippen LogP contribution in [0, 0.1) is 0 Å². The van der Waals surface area contributed by atoms with E-state index in [4.69, 9.17) is 5.11 Å². The van der Waals surface area contributed by atoms with E-state index in [1.54, 1.807) is 0 Å². The monoisotopic (exact) mass is 325 g/mol. The summed E-state index contributed by atoms with van der Waals surface area (Å²) in [6.45, 7) is 1.43. The van der Waals surface area contributed by atoms with E-state index in [1.807, 2.05) is 0 Å². The summed E-state index contributed by atoms with van der Waals surface area (Å²) < 4.78 is 37.7. The predicted octanol–water partition coefficient (Wildman–Crippen LogP) is 2.58. The van der Waals surface area contributed by atoms with Crippen molar-refractivity contribution < 1.29 is 23.1 Å². The molecule has 0 aromatic heterocycles. The molecule has 0 saturated heterocycles. The standard InChI is InChI=1S/C11H11BrF3NO2/c1-6(17)5-16-10(18)8-4-7(11(13,14)15)2-3-9(8)12/h2-4,6,17H,5H2,1H3,(H,16,18). The summed E-state index contributed by atoms with van der Waals surface area (Å²) in [7, 11) is 0. The minimum absolute atomic E-state index is 0.0263. The van der Waals surface area contributed by atoms with Crippen LogP contribution in [0.3, 0.4) is 0 Å². The van der Waals surface area contributed by atoms with Gasteiger partial charge in [0.15, 0.2) is 0 Å². The summed E-state index contributed by atoms with van der Waals surface area (Å²) in [5, 5.41) is 11.3. The molecule has 0 fully saturated rings. The van der Waals surface area contributed by atoms with Crippen LogP contribution >= 0.6 is 15.9 Å². The second-order valence-electron chi connectivity index (χ2n) is 3.75. The number of alkyl halides is 3. The number of aliphatic hydroxyl groups excluding tert-OH is 1. The lowest BCUT2D eigenvalue weighted by atomic mass is 10.1. The van der Waals surface area contributed by atoms with Crippen LogP contribution in [0.4, 0.5) is 13.2 Å². The first-order valence-corrected chi connectivity index (χ1v) is 5.84. The number of amides is 1. The molecule has 0 saturated carbocycles. The first-order valence-electron chi connectivity index (χ1n) is 5.05. The molecule has 0 bridgehead atoms. The molecule has 0 heterocycles. The highest BCUT2D eigenvalue weighted by Crippen LogP contribution is 2.31. The van der Waals surface area contributed by atoms with Crippen LogP contribution in [0.5, 0.6) is 0 Å². The van der Waals surface area contributed by atoms with Crippen LogP contribution in [-0.4, -0.2) is 23.7 Å². The highest BCUT2D eigenvalue weighted by molar-refractivity contribution is 9.10. The largest absolute Gasteiger partial charge is 0.416 e. The molecule has 2 N–H and O–H groups in total. The molecule has 0 spiro atoms. The molecule has 0 aliphatic rings. The Morgan fingerprint density at radius 1 is 1.50 bits per heavy atom. The fourth-order valence-corrected chi connectivity index (χ4v) is 1.64. The predicted molar refractivity (Wildman–Crippen MR) is 63.2 cm³/mol. The Bertz CT molecular complexity index is 446. The Labute approximate surface area is 110 Å². The molecular weight excluding hydrogens is 315 g/mol. The highest BCUT2D eigenvalue weighted by Gasteiger charge is 2.31. The number of aliphatic hydroxyl groups is 1. The lowest BCUT2D eigenvalue weighted by molar-refractivity contribution is -0.137. The maximum Gasteiger partial charge on any atom is 0.416 e. The van der Waals surface area contributed by atoms with Gasteiger partial charge in [-0.15, -0.1) is 0 Å². The van der Waals surface area contributed by atoms with Crippen molar-refractivity contribution in [3.8, 4) is 0 Å². The molecule has 1 atom stereocenters. The third-order valence-corrected chi connectivity index (χ3v) is 2.79. The van der Waals surface area contributed by atoms with E-state index in [2.05, 4.69) is 21.2 Å². The van der Waals surface area contributed by atoms with Gasteiger partial charge in [0.25, 0.3) is 5.91 Å². The summed E-state index contributed by atoms with van der Waals surface area (Å²) >= 11 is 3.01. The van der Waals surface area contributed by atoms with Gasteiger partial charge in [0.1, 0.15) is 0 Å². The normalized spacial score (nSPS) is 13.2. The van der Waals surface area contributed by atoms with Gasteiger partial charge in [-0.1, -0.05) is 0 Å². The number of carbonyl (C=O) groups is 1. The lowest BCUT2D eigenvalue weighted by Gasteiger charge is -2.11. The number of halogens is 4. The van der Waals surface area contributed by atoms with Crippen molar-refractivity contribution in [2.24, 2.45) is 0 Å². The van der Waals surface area contributed by atoms with Gasteiger partial charge in [-0.25, -0.2) is 0 Å². The fraction of sp³-hybridized carbons (Fsp3) is 0.364. The zero-order valence-corrected chi connectivity index (χ0v) is 11.0. The van der Waals surface area contributed by atoms with E-state index in [-0.39, 0.29) is 16.6 Å². The van der Waals surface area contributed by atoms with Crippen LogP contribution in [0.15, 0.2) is 22.7 Å². The molecular formula is C11H11BrF3NO2. The van der Waals surface area contributed by atoms with Crippen LogP contribution in [0.25, 0.3) is 0 Å². The van der Waals surface area contributed by atoms with E-state index in [9.17, 15) is 18.0 Å². The molecule has 7 heteroatoms. The van der Waals surface area contributed by atoms with E-state index in [1.165, 1.54) is 13.0 Å². The Morgan fingerprint density at radius 2 is 2.11 bits per heavy atom. The number of benzene rings is 1. The van der Waals surface area contributed by atoms with Crippen LogP contribution in [0.2, 0.25) is 0 Å². The quantitative estimate of drug-likeness (QED) is 0.897. The van der Waals surface area contributed by atoms with Crippen molar-refractivity contribution in [1.82, 2.24) is 5.32 Å². The summed E-state index contributed by atoms with van der Waals surface area (Å²) in [5.74, 6) is -0.672. The first-order chi connectivity index (χ1) is 8.21. The number of carbonyl (C=O) groups excluding carboxylic acids is 1. The summed E-state index contributed by atoms with van der Waals surface area (Å²) in [4.78, 5) is 11.6. The first kappa shape index (κ1) is 15.0. The SMILES string of the molecule is CC(O)CNC(=O)c1cc(C(F)(F)F)ccc1Br. The van der Waals surface area contributed by atoms with Gasteiger partial charge < -0.3 is 10.4 Å². The fourth-order valence-electron chi connectivity index (χ4n) is 1.21. The van der Waals surface area contributed by atoms with E-state index in [0.29, 0.717) is 0 Å². The van der Waals surface area contributed by atoms with Crippen LogP contribution in [0.1, 0.15) is 22.8 Å². The third kappa shape index (κ3) is 3.99. The molecule has 0 aliphatic carbocycles. The lowest BCUT2D eigenvalue weighted by Crippen LogP contribution is -2.31. The van der Waals surface area contributed by atoms with Gasteiger partial charge in [0.2, 0.25) is 0 Å². The van der Waals surface area contributed by atoms with E-state index >= 15 is 0 Å². The van der Waals surface area contributed by atoms with Gasteiger partial charge in [-0.05, 0) is 41.1 Å². The minimum atomic E-state index is -4.50. The van der Waals surface area contributed by atoms with Gasteiger partial charge in [-0.3, -0.25) is 4.79 Å². The van der Waals surface area contributed by atoms with Crippen LogP contribution in [-0.2, 0) is 6.18 Å². The second kappa shape index (κ2) is 5.71. The Balaban J connectivity index is 2.97. The maximum atomic E-state index is 12.5. The molecule has 0 radical (unpaired) electrons. The summed E-state index contributed by atoms with van der Waals surface area (Å²) in [6, 6.07) is 2.82. The molecule has 18 heavy (non-hydrogen) atoms. The van der Waals surface area contributed by atoms with Crippen molar-refractivity contribution >= 4 is 21.8 Å². The number of hydrogen-bond acceptors (Lipinski definition) is 2. The Hall–Kier alpha value is -1.08.